The van der Waals surface area contributed by atoms with Gasteiger partial charge in [0.15, 0.2) is 6.29 Å². The maximum atomic E-state index is 13.0. The molecule has 1 heterocycles. The molecule has 9 heteroatoms. The van der Waals surface area contributed by atoms with Gasteiger partial charge >= 0.3 is 0 Å². The first-order valence-electron chi connectivity index (χ1n) is 24.3. The number of amides is 1. The molecule has 9 nitrogen and oxygen atoms in total. The molecule has 7 atom stereocenters. The van der Waals surface area contributed by atoms with E-state index < -0.39 is 49.5 Å². The molecule has 1 fully saturated rings. The summed E-state index contributed by atoms with van der Waals surface area (Å²) in [5, 5.41) is 54.2. The first-order chi connectivity index (χ1) is 27.7. The lowest BCUT2D eigenvalue weighted by molar-refractivity contribution is -0.302. The van der Waals surface area contributed by atoms with Gasteiger partial charge in [-0.15, -0.1) is 0 Å². The molecule has 0 aromatic heterocycles. The highest BCUT2D eigenvalue weighted by molar-refractivity contribution is 5.76. The van der Waals surface area contributed by atoms with Crippen molar-refractivity contribution in [2.45, 2.75) is 269 Å². The van der Waals surface area contributed by atoms with Crippen molar-refractivity contribution in [3.05, 3.63) is 12.2 Å². The summed E-state index contributed by atoms with van der Waals surface area (Å²) < 4.78 is 11.2. The topological polar surface area (TPSA) is 149 Å². The molecule has 1 saturated heterocycles. The van der Waals surface area contributed by atoms with Crippen LogP contribution < -0.4 is 5.32 Å². The first kappa shape index (κ1) is 53.9. The van der Waals surface area contributed by atoms with E-state index >= 15 is 0 Å². The average Bonchev–Trinajstić information content (AvgIpc) is 3.19. The van der Waals surface area contributed by atoms with Crippen molar-refractivity contribution in [2.75, 3.05) is 13.2 Å². The summed E-state index contributed by atoms with van der Waals surface area (Å²) >= 11 is 0. The van der Waals surface area contributed by atoms with Gasteiger partial charge in [0.25, 0.3) is 0 Å². The van der Waals surface area contributed by atoms with Gasteiger partial charge < -0.3 is 40.3 Å². The summed E-state index contributed by atoms with van der Waals surface area (Å²) in [5.41, 5.74) is 0. The lowest BCUT2D eigenvalue weighted by Crippen LogP contribution is -2.60. The third-order valence-electron chi connectivity index (χ3n) is 11.8. The van der Waals surface area contributed by atoms with Crippen molar-refractivity contribution in [1.82, 2.24) is 5.32 Å². The lowest BCUT2D eigenvalue weighted by Gasteiger charge is -2.40. The van der Waals surface area contributed by atoms with Crippen molar-refractivity contribution in [2.24, 2.45) is 5.92 Å². The molecule has 0 saturated carbocycles. The fraction of sp³-hybridized carbons (Fsp3) is 0.938. The number of hydrogen-bond acceptors (Lipinski definition) is 8. The predicted octanol–water partition coefficient (Wildman–Crippen LogP) is 10.4. The van der Waals surface area contributed by atoms with E-state index in [2.05, 4.69) is 26.1 Å². The molecule has 1 aliphatic rings. The quantitative estimate of drug-likeness (QED) is 0.0265. The Morgan fingerprint density at radius 3 is 1.53 bits per heavy atom. The second-order valence-corrected chi connectivity index (χ2v) is 17.7. The molecule has 338 valence electrons. The molecule has 7 unspecified atom stereocenters. The second kappa shape index (κ2) is 37.9. The number of hydrogen-bond donors (Lipinski definition) is 6. The maximum absolute atomic E-state index is 13.0. The van der Waals surface area contributed by atoms with Crippen molar-refractivity contribution in [1.29, 1.82) is 0 Å². The van der Waals surface area contributed by atoms with E-state index in [1.807, 2.05) is 6.08 Å². The number of rotatable bonds is 40. The minimum atomic E-state index is -1.56. The van der Waals surface area contributed by atoms with Crippen molar-refractivity contribution < 1.29 is 39.8 Å². The molecule has 1 rings (SSSR count). The van der Waals surface area contributed by atoms with Gasteiger partial charge in [-0.2, -0.15) is 0 Å². The van der Waals surface area contributed by atoms with Crippen molar-refractivity contribution >= 4 is 5.91 Å². The molecule has 6 N–H and O–H groups in total. The highest BCUT2D eigenvalue weighted by Crippen LogP contribution is 2.23. The maximum Gasteiger partial charge on any atom is 0.220 e. The van der Waals surface area contributed by atoms with Crippen LogP contribution in [0.5, 0.6) is 0 Å². The largest absolute Gasteiger partial charge is 0.394 e. The zero-order valence-corrected chi connectivity index (χ0v) is 37.3. The summed E-state index contributed by atoms with van der Waals surface area (Å²) in [7, 11) is 0. The predicted molar refractivity (Wildman–Crippen MR) is 235 cm³/mol. The SMILES string of the molecule is CCCCCCCCCCCCCCCCCCCCCCC(=O)NC(COC1OC(CO)C(O)C(O)C1O)C(O)C=CCCCCCCCCCCCC(C)C. The van der Waals surface area contributed by atoms with Crippen LogP contribution in [-0.4, -0.2) is 87.5 Å². The highest BCUT2D eigenvalue weighted by Gasteiger charge is 2.44. The lowest BCUT2D eigenvalue weighted by atomic mass is 9.99. The fourth-order valence-corrected chi connectivity index (χ4v) is 7.87. The summed E-state index contributed by atoms with van der Waals surface area (Å²) in [6, 6.07) is -0.799. The smallest absolute Gasteiger partial charge is 0.220 e. The third kappa shape index (κ3) is 29.7. The molecule has 0 bridgehead atoms. The first-order valence-corrected chi connectivity index (χ1v) is 24.3. The van der Waals surface area contributed by atoms with Gasteiger partial charge in [-0.05, 0) is 25.2 Å². The van der Waals surface area contributed by atoms with E-state index in [1.54, 1.807) is 6.08 Å². The zero-order valence-electron chi connectivity index (χ0n) is 37.3. The Labute approximate surface area is 350 Å². The number of unbranched alkanes of at least 4 members (excludes halogenated alkanes) is 28. The number of aliphatic hydroxyl groups excluding tert-OH is 5. The van der Waals surface area contributed by atoms with Gasteiger partial charge in [0, 0.05) is 6.42 Å². The van der Waals surface area contributed by atoms with Gasteiger partial charge in [-0.3, -0.25) is 4.79 Å². The average molecular weight is 812 g/mol. The third-order valence-corrected chi connectivity index (χ3v) is 11.8. The van der Waals surface area contributed by atoms with Gasteiger partial charge in [0.1, 0.15) is 24.4 Å². The summed E-state index contributed by atoms with van der Waals surface area (Å²) in [6.07, 6.45) is 35.5. The van der Waals surface area contributed by atoms with Crippen LogP contribution in [0, 0.1) is 5.92 Å². The minimum Gasteiger partial charge on any atom is -0.394 e. The molecule has 0 aromatic carbocycles. The Bertz CT molecular complexity index is 917. The molecule has 0 aromatic rings. The second-order valence-electron chi connectivity index (χ2n) is 17.7. The van der Waals surface area contributed by atoms with Crippen LogP contribution >= 0.6 is 0 Å². The molecular formula is C48H93NO8. The van der Waals surface area contributed by atoms with E-state index in [4.69, 9.17) is 9.47 Å². The van der Waals surface area contributed by atoms with E-state index in [0.717, 1.165) is 44.4 Å². The fourth-order valence-electron chi connectivity index (χ4n) is 7.87. The van der Waals surface area contributed by atoms with Crippen LogP contribution in [0.2, 0.25) is 0 Å². The Balaban J connectivity index is 2.30. The van der Waals surface area contributed by atoms with Crippen LogP contribution in [0.1, 0.15) is 226 Å². The van der Waals surface area contributed by atoms with Crippen LogP contribution in [-0.2, 0) is 14.3 Å². The number of nitrogens with one attached hydrogen (secondary N) is 1. The molecule has 1 aliphatic heterocycles. The molecular weight excluding hydrogens is 719 g/mol. The zero-order chi connectivity index (χ0) is 41.8. The normalized spacial score (nSPS) is 21.1. The van der Waals surface area contributed by atoms with E-state index in [1.165, 1.54) is 161 Å². The summed E-state index contributed by atoms with van der Waals surface area (Å²) in [6.45, 7) is 6.11. The van der Waals surface area contributed by atoms with Gasteiger partial charge in [-0.25, -0.2) is 0 Å². The van der Waals surface area contributed by atoms with E-state index in [-0.39, 0.29) is 12.5 Å². The number of allylic oxidation sites excluding steroid dienone is 1. The Morgan fingerprint density at radius 1 is 0.632 bits per heavy atom. The molecule has 0 radical (unpaired) electrons. The van der Waals surface area contributed by atoms with Crippen molar-refractivity contribution in [3.8, 4) is 0 Å². The number of ether oxygens (including phenoxy) is 2. The number of aliphatic hydroxyl groups is 5. The summed E-state index contributed by atoms with van der Waals surface area (Å²) in [4.78, 5) is 13.0. The number of carbonyl (C=O) groups excluding carboxylic acids is 1. The van der Waals surface area contributed by atoms with E-state index in [0.29, 0.717) is 6.42 Å². The Hall–Kier alpha value is -1.07. The minimum absolute atomic E-state index is 0.174. The van der Waals surface area contributed by atoms with Gasteiger partial charge in [-0.1, -0.05) is 213 Å². The molecule has 1 amide bonds. The van der Waals surface area contributed by atoms with Gasteiger partial charge in [0.2, 0.25) is 5.91 Å². The molecule has 0 spiro atoms. The number of carbonyl (C=O) groups is 1. The Kier molecular flexibility index (Phi) is 35.9. The molecule has 57 heavy (non-hydrogen) atoms. The van der Waals surface area contributed by atoms with E-state index in [9.17, 15) is 30.3 Å². The van der Waals surface area contributed by atoms with Crippen molar-refractivity contribution in [3.63, 3.8) is 0 Å². The standard InChI is InChI=1S/C48H93NO8/c1-4-5-6-7-8-9-10-11-12-13-14-15-16-17-18-22-25-28-31-34-37-44(52)49-41(39-56-48-47(55)46(54)45(53)43(38-50)57-48)42(51)36-33-30-27-24-21-19-20-23-26-29-32-35-40(2)3/h33,36,40-43,45-48,50-51,53-55H,4-32,34-35,37-39H2,1-3H3,(H,49,52). The van der Waals surface area contributed by atoms with Crippen LogP contribution in [0.3, 0.4) is 0 Å². The van der Waals surface area contributed by atoms with Crippen LogP contribution in [0.15, 0.2) is 12.2 Å². The summed E-state index contributed by atoms with van der Waals surface area (Å²) in [5.74, 6) is 0.629. The Morgan fingerprint density at radius 2 is 1.07 bits per heavy atom. The highest BCUT2D eigenvalue weighted by atomic mass is 16.7. The van der Waals surface area contributed by atoms with Gasteiger partial charge in [0.05, 0.1) is 25.4 Å². The van der Waals surface area contributed by atoms with Crippen LogP contribution in [0.4, 0.5) is 0 Å². The molecule has 0 aliphatic carbocycles. The van der Waals surface area contributed by atoms with Crippen LogP contribution in [0.25, 0.3) is 0 Å². The monoisotopic (exact) mass is 812 g/mol.